The Morgan fingerprint density at radius 2 is 1.54 bits per heavy atom. The van der Waals surface area contributed by atoms with E-state index in [0.29, 0.717) is 11.3 Å². The highest BCUT2D eigenvalue weighted by atomic mass is 32.2. The Kier molecular flexibility index (Phi) is 4.39. The summed E-state index contributed by atoms with van der Waals surface area (Å²) in [5.41, 5.74) is 1.09. The summed E-state index contributed by atoms with van der Waals surface area (Å²) in [6.07, 6.45) is -3.52. The molecule has 0 fully saturated rings. The number of nitrogens with zero attached hydrogens (tertiary/aromatic N) is 2. The van der Waals surface area contributed by atoms with Gasteiger partial charge in [-0.3, -0.25) is 0 Å². The van der Waals surface area contributed by atoms with E-state index in [1.54, 1.807) is 24.3 Å². The van der Waals surface area contributed by atoms with Crippen molar-refractivity contribution in [2.45, 2.75) is 18.0 Å². The van der Waals surface area contributed by atoms with Gasteiger partial charge in [0.15, 0.2) is 15.5 Å². The van der Waals surface area contributed by atoms with Gasteiger partial charge in [-0.25, -0.2) is 13.1 Å². The van der Waals surface area contributed by atoms with Crippen LogP contribution in [0.3, 0.4) is 0 Å². The molecule has 0 atom stereocenters. The summed E-state index contributed by atoms with van der Waals surface area (Å²) in [6, 6.07) is 13.5. The van der Waals surface area contributed by atoms with Gasteiger partial charge in [0.1, 0.15) is 0 Å². The Labute approximate surface area is 148 Å². The van der Waals surface area contributed by atoms with Crippen molar-refractivity contribution < 1.29 is 21.6 Å². The van der Waals surface area contributed by atoms with Crippen molar-refractivity contribution in [3.63, 3.8) is 0 Å². The standard InChI is InChI=1S/C18H15F3N2O2S/c1-12-3-7-14(8-4-12)23-16(11-17(22-23)18(19,20)21)13-5-9-15(10-6-13)26(2,24)25/h3-11H,1-2H3. The fourth-order valence-electron chi connectivity index (χ4n) is 2.48. The normalized spacial score (nSPS) is 12.3. The molecule has 3 rings (SSSR count). The highest BCUT2D eigenvalue weighted by molar-refractivity contribution is 7.90. The number of sulfone groups is 1. The summed E-state index contributed by atoms with van der Waals surface area (Å²) in [5.74, 6) is 0. The molecule has 0 radical (unpaired) electrons. The van der Waals surface area contributed by atoms with Crippen LogP contribution in [-0.2, 0) is 16.0 Å². The average molecular weight is 380 g/mol. The molecule has 0 aliphatic heterocycles. The lowest BCUT2D eigenvalue weighted by atomic mass is 10.1. The molecule has 0 bridgehead atoms. The molecule has 0 unspecified atom stereocenters. The zero-order chi connectivity index (χ0) is 19.1. The summed E-state index contributed by atoms with van der Waals surface area (Å²) >= 11 is 0. The van der Waals surface area contributed by atoms with Crippen molar-refractivity contribution in [1.29, 1.82) is 0 Å². The molecule has 0 amide bonds. The van der Waals surface area contributed by atoms with Gasteiger partial charge in [0.2, 0.25) is 0 Å². The lowest BCUT2D eigenvalue weighted by molar-refractivity contribution is -0.141. The summed E-state index contributed by atoms with van der Waals surface area (Å²) in [7, 11) is -3.39. The van der Waals surface area contributed by atoms with Crippen molar-refractivity contribution in [1.82, 2.24) is 9.78 Å². The maximum absolute atomic E-state index is 13.1. The Balaban J connectivity index is 2.16. The summed E-state index contributed by atoms with van der Waals surface area (Å²) in [6.45, 7) is 1.87. The van der Waals surface area contributed by atoms with Gasteiger partial charge in [0.25, 0.3) is 0 Å². The van der Waals surface area contributed by atoms with Gasteiger partial charge >= 0.3 is 6.18 Å². The Bertz CT molecular complexity index is 1040. The molecule has 0 spiro atoms. The van der Waals surface area contributed by atoms with Crippen molar-refractivity contribution in [3.05, 3.63) is 65.9 Å². The number of aryl methyl sites for hydroxylation is 1. The summed E-state index contributed by atoms with van der Waals surface area (Å²) in [5, 5.41) is 3.70. The zero-order valence-corrected chi connectivity index (χ0v) is 14.8. The maximum Gasteiger partial charge on any atom is 0.435 e. The van der Waals surface area contributed by atoms with Gasteiger partial charge in [0.05, 0.1) is 16.3 Å². The van der Waals surface area contributed by atoms with Crippen LogP contribution in [0.1, 0.15) is 11.3 Å². The molecule has 3 aromatic rings. The molecule has 1 aromatic heterocycles. The number of hydrogen-bond donors (Lipinski definition) is 0. The number of alkyl halides is 3. The molecule has 8 heteroatoms. The van der Waals surface area contributed by atoms with Gasteiger partial charge in [0, 0.05) is 11.8 Å². The Hall–Kier alpha value is -2.61. The first kappa shape index (κ1) is 18.2. The van der Waals surface area contributed by atoms with Crippen LogP contribution in [0.4, 0.5) is 13.2 Å². The number of benzene rings is 2. The van der Waals surface area contributed by atoms with Crippen molar-refractivity contribution >= 4 is 9.84 Å². The molecule has 4 nitrogen and oxygen atoms in total. The molecule has 1 heterocycles. The predicted molar refractivity (Wildman–Crippen MR) is 91.8 cm³/mol. The highest BCUT2D eigenvalue weighted by Gasteiger charge is 2.35. The van der Waals surface area contributed by atoms with E-state index in [4.69, 9.17) is 0 Å². The van der Waals surface area contributed by atoms with E-state index < -0.39 is 21.7 Å². The van der Waals surface area contributed by atoms with E-state index in [1.807, 2.05) is 6.92 Å². The first-order valence-corrected chi connectivity index (χ1v) is 9.49. The van der Waals surface area contributed by atoms with Crippen LogP contribution < -0.4 is 0 Å². The minimum absolute atomic E-state index is 0.0960. The first-order chi connectivity index (χ1) is 12.1. The van der Waals surface area contributed by atoms with Crippen molar-refractivity contribution in [2.75, 3.05) is 6.26 Å². The summed E-state index contributed by atoms with van der Waals surface area (Å²) in [4.78, 5) is 0.0960. The number of aromatic nitrogens is 2. The topological polar surface area (TPSA) is 52.0 Å². The summed E-state index contributed by atoms with van der Waals surface area (Å²) < 4.78 is 63.8. The van der Waals surface area contributed by atoms with Crippen LogP contribution in [0.25, 0.3) is 16.9 Å². The second-order valence-electron chi connectivity index (χ2n) is 5.96. The average Bonchev–Trinajstić information content (AvgIpc) is 3.00. The quantitative estimate of drug-likeness (QED) is 0.682. The van der Waals surface area contributed by atoms with Gasteiger partial charge in [-0.05, 0) is 37.3 Å². The second kappa shape index (κ2) is 6.28. The minimum atomic E-state index is -4.59. The van der Waals surface area contributed by atoms with E-state index in [-0.39, 0.29) is 10.6 Å². The number of rotatable bonds is 3. The molecule has 0 aliphatic carbocycles. The van der Waals surface area contributed by atoms with Crippen LogP contribution in [0, 0.1) is 6.92 Å². The van der Waals surface area contributed by atoms with Gasteiger partial charge < -0.3 is 0 Å². The van der Waals surface area contributed by atoms with Gasteiger partial charge in [-0.15, -0.1) is 0 Å². The van der Waals surface area contributed by atoms with E-state index >= 15 is 0 Å². The van der Waals surface area contributed by atoms with Crippen LogP contribution in [-0.4, -0.2) is 24.5 Å². The minimum Gasteiger partial charge on any atom is -0.233 e. The molecular weight excluding hydrogens is 365 g/mol. The van der Waals surface area contributed by atoms with E-state index in [2.05, 4.69) is 5.10 Å². The maximum atomic E-state index is 13.1. The van der Waals surface area contributed by atoms with Crippen molar-refractivity contribution in [3.8, 4) is 16.9 Å². The van der Waals surface area contributed by atoms with Crippen molar-refractivity contribution in [2.24, 2.45) is 0 Å². The Morgan fingerprint density at radius 1 is 0.962 bits per heavy atom. The predicted octanol–water partition coefficient (Wildman–Crippen LogP) is 4.27. The third-order valence-electron chi connectivity index (χ3n) is 3.86. The molecule has 0 saturated carbocycles. The van der Waals surface area contributed by atoms with Crippen LogP contribution >= 0.6 is 0 Å². The second-order valence-corrected chi connectivity index (χ2v) is 7.97. The lowest BCUT2D eigenvalue weighted by Crippen LogP contribution is -2.07. The molecule has 26 heavy (non-hydrogen) atoms. The van der Waals surface area contributed by atoms with E-state index in [0.717, 1.165) is 17.9 Å². The van der Waals surface area contributed by atoms with Gasteiger partial charge in [-0.2, -0.15) is 18.3 Å². The fraction of sp³-hybridized carbons (Fsp3) is 0.167. The molecule has 0 saturated heterocycles. The molecule has 136 valence electrons. The van der Waals surface area contributed by atoms with Crippen LogP contribution in [0.2, 0.25) is 0 Å². The molecule has 0 N–H and O–H groups in total. The molecular formula is C18H15F3N2O2S. The fourth-order valence-corrected chi connectivity index (χ4v) is 3.11. The largest absolute Gasteiger partial charge is 0.435 e. The van der Waals surface area contributed by atoms with E-state index in [1.165, 1.54) is 28.9 Å². The zero-order valence-electron chi connectivity index (χ0n) is 13.9. The smallest absolute Gasteiger partial charge is 0.233 e. The van der Waals surface area contributed by atoms with Gasteiger partial charge in [-0.1, -0.05) is 29.8 Å². The molecule has 0 aliphatic rings. The monoisotopic (exact) mass is 380 g/mol. The Morgan fingerprint density at radius 3 is 2.04 bits per heavy atom. The highest BCUT2D eigenvalue weighted by Crippen LogP contribution is 2.33. The van der Waals surface area contributed by atoms with E-state index in [9.17, 15) is 21.6 Å². The first-order valence-electron chi connectivity index (χ1n) is 7.60. The van der Waals surface area contributed by atoms with Crippen LogP contribution in [0.5, 0.6) is 0 Å². The van der Waals surface area contributed by atoms with Crippen LogP contribution in [0.15, 0.2) is 59.5 Å². The number of hydrogen-bond acceptors (Lipinski definition) is 3. The lowest BCUT2D eigenvalue weighted by Gasteiger charge is -2.08. The number of halogens is 3. The third-order valence-corrected chi connectivity index (χ3v) is 4.99. The molecule has 2 aromatic carbocycles. The third kappa shape index (κ3) is 3.65. The SMILES string of the molecule is Cc1ccc(-n2nc(C(F)(F)F)cc2-c2ccc(S(C)(=O)=O)cc2)cc1.